The molecule has 9 heteroatoms. The van der Waals surface area contributed by atoms with Gasteiger partial charge in [-0.3, -0.25) is 9.59 Å². The van der Waals surface area contributed by atoms with Crippen LogP contribution in [0.3, 0.4) is 0 Å². The van der Waals surface area contributed by atoms with Crippen molar-refractivity contribution in [2.24, 2.45) is 0 Å². The van der Waals surface area contributed by atoms with Crippen LogP contribution in [-0.4, -0.2) is 87.4 Å². The molecule has 9 nitrogen and oxygen atoms in total. The summed E-state index contributed by atoms with van der Waals surface area (Å²) >= 11 is 0. The van der Waals surface area contributed by atoms with Crippen LogP contribution in [0.25, 0.3) is 0 Å². The molecule has 444 valence electrons. The number of carboxylic acid groups (broad SMARTS) is 1. The maximum Gasteiger partial charge on any atom is 0.361 e. The molecule has 0 saturated carbocycles. The molecule has 0 rings (SSSR count). The lowest BCUT2D eigenvalue weighted by molar-refractivity contribution is -0.870. The summed E-state index contributed by atoms with van der Waals surface area (Å²) in [5.41, 5.74) is 0. The van der Waals surface area contributed by atoms with Crippen molar-refractivity contribution in [3.05, 3.63) is 85.1 Å². The average Bonchev–Trinajstić information content (AvgIpc) is 3.40. The van der Waals surface area contributed by atoms with E-state index in [9.17, 15) is 19.5 Å². The maximum atomic E-state index is 12.9. The Morgan fingerprint density at radius 2 is 0.740 bits per heavy atom. The van der Waals surface area contributed by atoms with Gasteiger partial charge >= 0.3 is 17.9 Å². The molecule has 2 unspecified atom stereocenters. The van der Waals surface area contributed by atoms with Gasteiger partial charge < -0.3 is 28.5 Å². The number of ether oxygens (including phenoxy) is 4. The van der Waals surface area contributed by atoms with E-state index >= 15 is 0 Å². The molecule has 0 aromatic carbocycles. The number of hydrogen-bond acceptors (Lipinski definition) is 7. The molecular formula is C68H120NO8+. The molecule has 0 aliphatic carbocycles. The minimum Gasteiger partial charge on any atom is -0.477 e. The second-order valence-corrected chi connectivity index (χ2v) is 22.3. The lowest BCUT2D eigenvalue weighted by atomic mass is 10.0. The molecule has 0 spiro atoms. The minimum absolute atomic E-state index is 0.184. The normalized spacial score (nSPS) is 13.3. The van der Waals surface area contributed by atoms with Gasteiger partial charge in [0.05, 0.1) is 34.4 Å². The van der Waals surface area contributed by atoms with Crippen LogP contribution in [0, 0.1) is 0 Å². The van der Waals surface area contributed by atoms with Crippen molar-refractivity contribution in [1.29, 1.82) is 0 Å². The number of allylic oxidation sites excluding steroid dienone is 14. The highest BCUT2D eigenvalue weighted by molar-refractivity contribution is 5.71. The van der Waals surface area contributed by atoms with E-state index in [1.54, 1.807) is 0 Å². The number of carboxylic acids is 1. The van der Waals surface area contributed by atoms with Gasteiger partial charge in [0.2, 0.25) is 0 Å². The van der Waals surface area contributed by atoms with Crippen molar-refractivity contribution in [3.8, 4) is 0 Å². The Morgan fingerprint density at radius 3 is 1.10 bits per heavy atom. The van der Waals surface area contributed by atoms with Crippen molar-refractivity contribution in [1.82, 2.24) is 0 Å². The van der Waals surface area contributed by atoms with Gasteiger partial charge in [-0.25, -0.2) is 4.79 Å². The molecular weight excluding hydrogens is 959 g/mol. The molecule has 0 amide bonds. The number of nitrogens with zero attached hydrogens (tertiary/aromatic N) is 1. The van der Waals surface area contributed by atoms with Crippen LogP contribution in [0.5, 0.6) is 0 Å². The fourth-order valence-electron chi connectivity index (χ4n) is 8.78. The standard InChI is InChI=1S/C68H119NO8/c1-6-8-10-12-14-16-18-20-22-24-26-28-30-32-33-35-36-38-40-42-44-46-48-50-52-54-56-58-65(70)75-62-64(63-76-68(67(72)73)74-61-60-69(3,4)5)77-66(71)59-57-55-53-51-49-47-45-43-41-39-37-34-31-29-27-25-23-21-19-17-15-13-11-9-7-2/h9,11,15,17-18,20-21,23-24,26-27,29-30,32,64,68H,6-8,10,12-14,16,19,22,25,28,31,33-63H2,1-5H3/p+1/b11-9-,17-15-,20-18-,23-21-,26-24-,29-27-,32-30-. The average molecular weight is 1080 g/mol. The van der Waals surface area contributed by atoms with Gasteiger partial charge in [0.25, 0.3) is 6.29 Å². The Morgan fingerprint density at radius 1 is 0.403 bits per heavy atom. The van der Waals surface area contributed by atoms with Gasteiger partial charge in [0, 0.05) is 12.8 Å². The highest BCUT2D eigenvalue weighted by Gasteiger charge is 2.25. The Balaban J connectivity index is 4.19. The third kappa shape index (κ3) is 60.0. The summed E-state index contributed by atoms with van der Waals surface area (Å²) in [7, 11) is 5.97. The first-order valence-electron chi connectivity index (χ1n) is 31.8. The van der Waals surface area contributed by atoms with Gasteiger partial charge in [0.1, 0.15) is 13.2 Å². The molecule has 0 saturated heterocycles. The fourth-order valence-corrected chi connectivity index (χ4v) is 8.78. The third-order valence-electron chi connectivity index (χ3n) is 13.6. The van der Waals surface area contributed by atoms with E-state index in [0.29, 0.717) is 23.9 Å². The van der Waals surface area contributed by atoms with Crippen LogP contribution in [0.1, 0.15) is 271 Å². The summed E-state index contributed by atoms with van der Waals surface area (Å²) < 4.78 is 22.9. The monoisotopic (exact) mass is 1080 g/mol. The summed E-state index contributed by atoms with van der Waals surface area (Å²) in [6, 6.07) is 0. The number of aliphatic carboxylic acids is 1. The summed E-state index contributed by atoms with van der Waals surface area (Å²) in [4.78, 5) is 37.5. The second kappa shape index (κ2) is 58.6. The molecule has 0 heterocycles. The van der Waals surface area contributed by atoms with Crippen LogP contribution in [0.2, 0.25) is 0 Å². The Kier molecular flexibility index (Phi) is 55.9. The van der Waals surface area contributed by atoms with Gasteiger partial charge in [-0.2, -0.15) is 0 Å². The Hall–Kier alpha value is -3.53. The van der Waals surface area contributed by atoms with E-state index in [4.69, 9.17) is 18.9 Å². The largest absolute Gasteiger partial charge is 0.477 e. The number of hydrogen-bond donors (Lipinski definition) is 1. The first kappa shape index (κ1) is 73.5. The smallest absolute Gasteiger partial charge is 0.361 e. The number of esters is 2. The number of quaternary nitrogens is 1. The van der Waals surface area contributed by atoms with E-state index in [2.05, 4.69) is 98.9 Å². The molecule has 0 bridgehead atoms. The molecule has 77 heavy (non-hydrogen) atoms. The summed E-state index contributed by atoms with van der Waals surface area (Å²) in [6.45, 7) is 4.77. The van der Waals surface area contributed by atoms with E-state index in [-0.39, 0.29) is 32.2 Å². The number of unbranched alkanes of at least 4 members (excludes halogenated alkanes) is 29. The molecule has 2 atom stereocenters. The molecule has 0 aromatic heterocycles. The van der Waals surface area contributed by atoms with E-state index in [1.165, 1.54) is 161 Å². The third-order valence-corrected chi connectivity index (χ3v) is 13.6. The van der Waals surface area contributed by atoms with Gasteiger partial charge in [0.15, 0.2) is 6.10 Å². The lowest BCUT2D eigenvalue weighted by Crippen LogP contribution is -2.40. The summed E-state index contributed by atoms with van der Waals surface area (Å²) in [5.74, 6) is -2.01. The Labute approximate surface area is 474 Å². The van der Waals surface area contributed by atoms with E-state index in [1.807, 2.05) is 21.1 Å². The zero-order valence-corrected chi connectivity index (χ0v) is 50.6. The molecule has 1 N–H and O–H groups in total. The van der Waals surface area contributed by atoms with Gasteiger partial charge in [-0.05, 0) is 89.9 Å². The van der Waals surface area contributed by atoms with Crippen molar-refractivity contribution in [2.45, 2.75) is 283 Å². The van der Waals surface area contributed by atoms with Crippen molar-refractivity contribution >= 4 is 17.9 Å². The Bertz CT molecular complexity index is 1540. The van der Waals surface area contributed by atoms with Crippen molar-refractivity contribution in [2.75, 3.05) is 47.5 Å². The topological polar surface area (TPSA) is 108 Å². The quantitative estimate of drug-likeness (QED) is 0.0211. The van der Waals surface area contributed by atoms with Crippen LogP contribution in [0.15, 0.2) is 85.1 Å². The van der Waals surface area contributed by atoms with Crippen LogP contribution < -0.4 is 0 Å². The number of likely N-dealkylation sites (N-methyl/N-ethyl adjacent to an activating group) is 1. The number of carbonyl (C=O) groups is 3. The number of rotatable bonds is 58. The van der Waals surface area contributed by atoms with Crippen LogP contribution in [0.4, 0.5) is 0 Å². The van der Waals surface area contributed by atoms with E-state index in [0.717, 1.165) is 77.0 Å². The van der Waals surface area contributed by atoms with Crippen molar-refractivity contribution < 1.29 is 42.9 Å². The lowest BCUT2D eigenvalue weighted by Gasteiger charge is -2.25. The maximum absolute atomic E-state index is 12.9. The second-order valence-electron chi connectivity index (χ2n) is 22.3. The summed E-state index contributed by atoms with van der Waals surface area (Å²) in [5, 5.41) is 9.73. The first-order valence-corrected chi connectivity index (χ1v) is 31.8. The molecule has 0 aliphatic heterocycles. The van der Waals surface area contributed by atoms with E-state index < -0.39 is 24.3 Å². The predicted molar refractivity (Wildman–Crippen MR) is 327 cm³/mol. The van der Waals surface area contributed by atoms with Gasteiger partial charge in [-0.15, -0.1) is 0 Å². The van der Waals surface area contributed by atoms with Crippen LogP contribution >= 0.6 is 0 Å². The zero-order chi connectivity index (χ0) is 56.2. The zero-order valence-electron chi connectivity index (χ0n) is 50.6. The number of carbonyl (C=O) groups excluding carboxylic acids is 2. The fraction of sp³-hybridized carbons (Fsp3) is 0.750. The first-order chi connectivity index (χ1) is 37.6. The predicted octanol–water partition coefficient (Wildman–Crippen LogP) is 19.1. The molecule has 0 aromatic rings. The SMILES string of the molecule is CC/C=C\C/C=C\C/C=C\C/C=C\CCCCCCCCCCCCCCC(=O)OC(COC(=O)CCCCCCCCCCCCCC/C=C\C/C=C\C/C=C\CCCCCCC)COC(OCC[N+](C)(C)C)C(=O)O. The molecule has 0 radical (unpaired) electrons. The highest BCUT2D eigenvalue weighted by atomic mass is 16.7. The molecule has 0 aliphatic rings. The van der Waals surface area contributed by atoms with Crippen LogP contribution in [-0.2, 0) is 33.3 Å². The van der Waals surface area contributed by atoms with Gasteiger partial charge in [-0.1, -0.05) is 253 Å². The summed E-state index contributed by atoms with van der Waals surface area (Å²) in [6.07, 6.45) is 75.2. The molecule has 0 fully saturated rings. The minimum atomic E-state index is -1.51. The van der Waals surface area contributed by atoms with Crippen molar-refractivity contribution in [3.63, 3.8) is 0 Å². The highest BCUT2D eigenvalue weighted by Crippen LogP contribution is 2.16.